The smallest absolute Gasteiger partial charge is 0.270 e. The summed E-state index contributed by atoms with van der Waals surface area (Å²) in [5.41, 5.74) is -0.570. The molecule has 2 aromatic heterocycles. The first-order chi connectivity index (χ1) is 16.4. The standard InChI is InChI=1S/C22H24N6O5S/c1-4-9-24-20(30)15(12-23)22-28(5-2)21(31)16(34-22)13-25-17-7-6-8-18(26-17)27-19(29)14-33-11-10-32-3/h1,6-8,13H,5,9-11,14H2,2-3H3,(H,24,30)(H2,25,26,27,29). The molecule has 0 aliphatic carbocycles. The van der Waals surface area contributed by atoms with Gasteiger partial charge in [0.1, 0.15) is 33.5 Å². The molecule has 2 aromatic rings. The van der Waals surface area contributed by atoms with E-state index in [1.807, 2.05) is 6.07 Å². The molecular weight excluding hydrogens is 460 g/mol. The number of methoxy groups -OCH3 is 1. The summed E-state index contributed by atoms with van der Waals surface area (Å²) in [5, 5.41) is 17.4. The van der Waals surface area contributed by atoms with Crippen LogP contribution >= 0.6 is 11.3 Å². The van der Waals surface area contributed by atoms with Gasteiger partial charge < -0.3 is 25.4 Å². The molecule has 11 nitrogen and oxygen atoms in total. The van der Waals surface area contributed by atoms with Gasteiger partial charge in [-0.25, -0.2) is 4.98 Å². The fourth-order valence-corrected chi connectivity index (χ4v) is 3.70. The number of nitrogens with one attached hydrogen (secondary N) is 3. The number of terminal acetylenes is 1. The molecule has 0 bridgehead atoms. The van der Waals surface area contributed by atoms with Crippen molar-refractivity contribution in [2.75, 3.05) is 44.1 Å². The van der Waals surface area contributed by atoms with Gasteiger partial charge in [-0.2, -0.15) is 5.26 Å². The zero-order valence-corrected chi connectivity index (χ0v) is 19.5. The van der Waals surface area contributed by atoms with Crippen LogP contribution in [0.1, 0.15) is 6.92 Å². The number of carbonyl (C=O) groups is 2. The Kier molecular flexibility index (Phi) is 10.5. The number of hydrogen-bond acceptors (Lipinski definition) is 9. The molecule has 0 atom stereocenters. The maximum atomic E-state index is 12.8. The van der Waals surface area contributed by atoms with Gasteiger partial charge in [0, 0.05) is 19.9 Å². The van der Waals surface area contributed by atoms with E-state index in [2.05, 4.69) is 26.9 Å². The van der Waals surface area contributed by atoms with Crippen LogP contribution in [0.2, 0.25) is 0 Å². The molecule has 0 aromatic carbocycles. The highest BCUT2D eigenvalue weighted by molar-refractivity contribution is 7.07. The number of ether oxygens (including phenoxy) is 2. The molecule has 3 N–H and O–H groups in total. The number of nitriles is 1. The largest absolute Gasteiger partial charge is 0.382 e. The van der Waals surface area contributed by atoms with Crippen molar-refractivity contribution in [1.29, 1.82) is 5.26 Å². The molecule has 0 spiro atoms. The molecule has 0 fully saturated rings. The molecule has 2 amide bonds. The third-order valence-corrected chi connectivity index (χ3v) is 5.29. The lowest BCUT2D eigenvalue weighted by molar-refractivity contribution is -0.121. The number of anilines is 2. The first-order valence-corrected chi connectivity index (χ1v) is 10.9. The fraction of sp³-hybridized carbons (Fsp3) is 0.318. The maximum Gasteiger partial charge on any atom is 0.270 e. The predicted octanol–water partition coefficient (Wildman–Crippen LogP) is -0.800. The van der Waals surface area contributed by atoms with Crippen molar-refractivity contribution in [2.24, 2.45) is 0 Å². The number of amides is 2. The molecule has 0 aliphatic heterocycles. The highest BCUT2D eigenvalue weighted by Crippen LogP contribution is 2.09. The Morgan fingerprint density at radius 2 is 2.09 bits per heavy atom. The van der Waals surface area contributed by atoms with Crippen LogP contribution < -0.4 is 30.7 Å². The molecule has 0 radical (unpaired) electrons. The van der Waals surface area contributed by atoms with Gasteiger partial charge in [-0.1, -0.05) is 12.0 Å². The fourth-order valence-electron chi connectivity index (χ4n) is 2.62. The summed E-state index contributed by atoms with van der Waals surface area (Å²) < 4.78 is 11.8. The summed E-state index contributed by atoms with van der Waals surface area (Å²) in [6.45, 7) is 2.49. The van der Waals surface area contributed by atoms with Crippen molar-refractivity contribution in [3.63, 3.8) is 0 Å². The van der Waals surface area contributed by atoms with Gasteiger partial charge in [-0.15, -0.1) is 17.8 Å². The Morgan fingerprint density at radius 1 is 1.32 bits per heavy atom. The van der Waals surface area contributed by atoms with Gasteiger partial charge in [0.2, 0.25) is 0 Å². The predicted molar refractivity (Wildman–Crippen MR) is 128 cm³/mol. The summed E-state index contributed by atoms with van der Waals surface area (Å²) in [7, 11) is 1.54. The van der Waals surface area contributed by atoms with E-state index < -0.39 is 5.91 Å². The SMILES string of the molecule is C#CCNC(=O)C(C#N)=c1sc(=CNc2cccc(NC(=O)COCCOC)n2)c(=O)n1CC. The van der Waals surface area contributed by atoms with Crippen molar-refractivity contribution in [3.05, 3.63) is 37.7 Å². The van der Waals surface area contributed by atoms with Gasteiger partial charge in [0.25, 0.3) is 17.4 Å². The summed E-state index contributed by atoms with van der Waals surface area (Å²) >= 11 is 0.988. The van der Waals surface area contributed by atoms with Gasteiger partial charge in [0.05, 0.1) is 19.8 Å². The van der Waals surface area contributed by atoms with E-state index in [1.54, 1.807) is 25.1 Å². The Labute approximate surface area is 199 Å². The third kappa shape index (κ3) is 7.28. The molecule has 2 heterocycles. The number of nitrogens with zero attached hydrogens (tertiary/aromatic N) is 3. The van der Waals surface area contributed by atoms with E-state index in [0.29, 0.717) is 24.8 Å². The second-order valence-corrected chi connectivity index (χ2v) is 7.52. The summed E-state index contributed by atoms with van der Waals surface area (Å²) in [5.74, 6) is 1.90. The van der Waals surface area contributed by atoms with E-state index in [9.17, 15) is 19.6 Å². The lowest BCUT2D eigenvalue weighted by Crippen LogP contribution is -2.34. The van der Waals surface area contributed by atoms with Crippen LogP contribution in [-0.4, -0.2) is 54.8 Å². The summed E-state index contributed by atoms with van der Waals surface area (Å²) in [6.07, 6.45) is 6.57. The number of thiazole rings is 1. The lowest BCUT2D eigenvalue weighted by Gasteiger charge is -2.07. The number of rotatable bonds is 11. The van der Waals surface area contributed by atoms with Crippen LogP contribution in [0.5, 0.6) is 0 Å². The Hall–Kier alpha value is -3.97. The first-order valence-electron chi connectivity index (χ1n) is 10.1. The molecule has 0 saturated heterocycles. The topological polar surface area (TPSA) is 147 Å². The van der Waals surface area contributed by atoms with E-state index in [1.165, 1.54) is 17.9 Å². The Bertz CT molecular complexity index is 1280. The van der Waals surface area contributed by atoms with Gasteiger partial charge in [-0.3, -0.25) is 19.0 Å². The highest BCUT2D eigenvalue weighted by Gasteiger charge is 2.14. The van der Waals surface area contributed by atoms with Crippen molar-refractivity contribution < 1.29 is 19.1 Å². The Morgan fingerprint density at radius 3 is 2.76 bits per heavy atom. The zero-order chi connectivity index (χ0) is 24.9. The highest BCUT2D eigenvalue weighted by atomic mass is 32.1. The third-order valence-electron chi connectivity index (χ3n) is 4.16. The zero-order valence-electron chi connectivity index (χ0n) is 18.7. The molecule has 0 unspecified atom stereocenters. The van der Waals surface area contributed by atoms with Crippen molar-refractivity contribution in [1.82, 2.24) is 14.9 Å². The van der Waals surface area contributed by atoms with Crippen LogP contribution in [0, 0.1) is 23.7 Å². The maximum absolute atomic E-state index is 12.8. The average Bonchev–Trinajstić information content (AvgIpc) is 3.14. The van der Waals surface area contributed by atoms with E-state index in [4.69, 9.17) is 15.9 Å². The van der Waals surface area contributed by atoms with Crippen molar-refractivity contribution in [3.8, 4) is 18.4 Å². The number of pyridine rings is 1. The van der Waals surface area contributed by atoms with Gasteiger partial charge in [-0.05, 0) is 19.1 Å². The minimum Gasteiger partial charge on any atom is -0.382 e. The van der Waals surface area contributed by atoms with E-state index >= 15 is 0 Å². The molecule has 0 aliphatic rings. The molecule has 2 rings (SSSR count). The van der Waals surface area contributed by atoms with Crippen molar-refractivity contribution in [2.45, 2.75) is 13.5 Å². The number of carbonyl (C=O) groups excluding carboxylic acids is 2. The van der Waals surface area contributed by atoms with Crippen LogP contribution in [0.25, 0.3) is 11.8 Å². The van der Waals surface area contributed by atoms with Gasteiger partial charge >= 0.3 is 0 Å². The molecule has 0 saturated carbocycles. The minimum atomic E-state index is -0.653. The van der Waals surface area contributed by atoms with E-state index in [-0.39, 0.29) is 45.9 Å². The number of hydrogen-bond donors (Lipinski definition) is 3. The molecular formula is C22H24N6O5S. The monoisotopic (exact) mass is 484 g/mol. The number of aromatic nitrogens is 2. The second-order valence-electron chi connectivity index (χ2n) is 6.48. The molecule has 34 heavy (non-hydrogen) atoms. The van der Waals surface area contributed by atoms with E-state index in [0.717, 1.165) is 11.3 Å². The molecule has 178 valence electrons. The Balaban J connectivity index is 2.26. The van der Waals surface area contributed by atoms with Crippen LogP contribution in [-0.2, 0) is 25.6 Å². The summed E-state index contributed by atoms with van der Waals surface area (Å²) in [6, 6.07) is 6.77. The minimum absolute atomic E-state index is 0.0376. The second kappa shape index (κ2) is 13.5. The van der Waals surface area contributed by atoms with Crippen LogP contribution in [0.3, 0.4) is 0 Å². The normalized spacial score (nSPS) is 11.8. The summed E-state index contributed by atoms with van der Waals surface area (Å²) in [4.78, 5) is 41.2. The first kappa shape index (κ1) is 26.3. The quantitative estimate of drug-likeness (QED) is 0.277. The van der Waals surface area contributed by atoms with Crippen LogP contribution in [0.15, 0.2) is 23.0 Å². The van der Waals surface area contributed by atoms with Crippen LogP contribution in [0.4, 0.5) is 11.6 Å². The van der Waals surface area contributed by atoms with Crippen molar-refractivity contribution >= 4 is 46.6 Å². The lowest BCUT2D eigenvalue weighted by atomic mass is 10.3. The molecule has 12 heteroatoms. The average molecular weight is 485 g/mol. The van der Waals surface area contributed by atoms with Gasteiger partial charge in [0.15, 0.2) is 5.57 Å².